The number of carbonyl (C=O) groups excluding carboxylic acids is 1. The number of imidazole rings is 1. The van der Waals surface area contributed by atoms with Gasteiger partial charge in [0.1, 0.15) is 5.82 Å². The SMILES string of the molecule is CNC(C)c1ccc(NC(=O)NC(C)c2ncc[nH]2)cc1. The van der Waals surface area contributed by atoms with Gasteiger partial charge in [-0.05, 0) is 38.6 Å². The van der Waals surface area contributed by atoms with Crippen LogP contribution in [0, 0.1) is 0 Å². The van der Waals surface area contributed by atoms with Gasteiger partial charge in [0.25, 0.3) is 0 Å². The Labute approximate surface area is 124 Å². The van der Waals surface area contributed by atoms with Crippen LogP contribution in [-0.4, -0.2) is 23.0 Å². The van der Waals surface area contributed by atoms with E-state index >= 15 is 0 Å². The fourth-order valence-electron chi connectivity index (χ4n) is 1.97. The molecule has 6 nitrogen and oxygen atoms in total. The van der Waals surface area contributed by atoms with Crippen LogP contribution >= 0.6 is 0 Å². The maximum atomic E-state index is 11.9. The van der Waals surface area contributed by atoms with Crippen LogP contribution in [0.3, 0.4) is 0 Å². The molecule has 0 bridgehead atoms. The molecular weight excluding hydrogens is 266 g/mol. The number of aromatic nitrogens is 2. The Kier molecular flexibility index (Phi) is 4.94. The molecule has 2 aromatic rings. The number of urea groups is 1. The van der Waals surface area contributed by atoms with E-state index in [1.807, 2.05) is 38.2 Å². The summed E-state index contributed by atoms with van der Waals surface area (Å²) >= 11 is 0. The Morgan fingerprint density at radius 2 is 1.90 bits per heavy atom. The van der Waals surface area contributed by atoms with Gasteiger partial charge in [-0.3, -0.25) is 0 Å². The molecule has 0 saturated heterocycles. The van der Waals surface area contributed by atoms with E-state index in [2.05, 4.69) is 32.8 Å². The average Bonchev–Trinajstić information content (AvgIpc) is 3.01. The number of nitrogens with one attached hydrogen (secondary N) is 4. The average molecular weight is 287 g/mol. The number of hydrogen-bond donors (Lipinski definition) is 4. The van der Waals surface area contributed by atoms with Crippen molar-refractivity contribution in [3.8, 4) is 0 Å². The number of hydrogen-bond acceptors (Lipinski definition) is 3. The third kappa shape index (κ3) is 4.06. The van der Waals surface area contributed by atoms with Crippen molar-refractivity contribution in [2.45, 2.75) is 25.9 Å². The molecule has 21 heavy (non-hydrogen) atoms. The van der Waals surface area contributed by atoms with Crippen molar-refractivity contribution in [3.05, 3.63) is 48.0 Å². The first-order valence-electron chi connectivity index (χ1n) is 6.94. The van der Waals surface area contributed by atoms with Crippen molar-refractivity contribution in [3.63, 3.8) is 0 Å². The highest BCUT2D eigenvalue weighted by Crippen LogP contribution is 2.15. The lowest BCUT2D eigenvalue weighted by Gasteiger charge is -2.14. The zero-order valence-corrected chi connectivity index (χ0v) is 12.5. The standard InChI is InChI=1S/C15H21N5O/c1-10(16-3)12-4-6-13(7-5-12)20-15(21)19-11(2)14-17-8-9-18-14/h4-11,16H,1-3H3,(H,17,18)(H2,19,20,21). The van der Waals surface area contributed by atoms with Crippen LogP contribution in [-0.2, 0) is 0 Å². The minimum Gasteiger partial charge on any atom is -0.347 e. The van der Waals surface area contributed by atoms with E-state index in [-0.39, 0.29) is 18.1 Å². The maximum absolute atomic E-state index is 11.9. The van der Waals surface area contributed by atoms with Gasteiger partial charge in [0.15, 0.2) is 0 Å². The van der Waals surface area contributed by atoms with Crippen molar-refractivity contribution < 1.29 is 4.79 Å². The number of benzene rings is 1. The van der Waals surface area contributed by atoms with E-state index in [1.165, 1.54) is 5.56 Å². The van der Waals surface area contributed by atoms with E-state index in [0.717, 1.165) is 11.5 Å². The largest absolute Gasteiger partial charge is 0.347 e. The Hall–Kier alpha value is -2.34. The Morgan fingerprint density at radius 3 is 2.48 bits per heavy atom. The van der Waals surface area contributed by atoms with Gasteiger partial charge in [-0.2, -0.15) is 0 Å². The van der Waals surface area contributed by atoms with Crippen LogP contribution in [0.4, 0.5) is 10.5 Å². The van der Waals surface area contributed by atoms with Crippen molar-refractivity contribution in [2.75, 3.05) is 12.4 Å². The summed E-state index contributed by atoms with van der Waals surface area (Å²) in [6.45, 7) is 3.95. The van der Waals surface area contributed by atoms with E-state index < -0.39 is 0 Å². The predicted octanol–water partition coefficient (Wildman–Crippen LogP) is 2.57. The molecule has 0 aliphatic rings. The highest BCUT2D eigenvalue weighted by Gasteiger charge is 2.11. The molecule has 2 amide bonds. The molecule has 0 spiro atoms. The summed E-state index contributed by atoms with van der Waals surface area (Å²) in [5.74, 6) is 0.725. The van der Waals surface area contributed by atoms with Gasteiger partial charge in [-0.25, -0.2) is 9.78 Å². The predicted molar refractivity (Wildman–Crippen MR) is 83.1 cm³/mol. The summed E-state index contributed by atoms with van der Waals surface area (Å²) in [4.78, 5) is 19.0. The van der Waals surface area contributed by atoms with Crippen molar-refractivity contribution in [1.82, 2.24) is 20.6 Å². The van der Waals surface area contributed by atoms with Gasteiger partial charge >= 0.3 is 6.03 Å². The molecule has 112 valence electrons. The molecule has 0 aliphatic heterocycles. The van der Waals surface area contributed by atoms with Crippen molar-refractivity contribution >= 4 is 11.7 Å². The minimum atomic E-state index is -0.256. The van der Waals surface area contributed by atoms with Gasteiger partial charge in [0.2, 0.25) is 0 Å². The van der Waals surface area contributed by atoms with Crippen molar-refractivity contribution in [2.24, 2.45) is 0 Å². The maximum Gasteiger partial charge on any atom is 0.319 e. The lowest BCUT2D eigenvalue weighted by molar-refractivity contribution is 0.249. The second-order valence-corrected chi connectivity index (χ2v) is 4.93. The molecule has 0 saturated carbocycles. The molecule has 4 N–H and O–H groups in total. The van der Waals surface area contributed by atoms with E-state index in [4.69, 9.17) is 0 Å². The molecule has 1 aromatic heterocycles. The highest BCUT2D eigenvalue weighted by molar-refractivity contribution is 5.89. The quantitative estimate of drug-likeness (QED) is 0.682. The zero-order chi connectivity index (χ0) is 15.2. The van der Waals surface area contributed by atoms with Crippen LogP contribution in [0.2, 0.25) is 0 Å². The fourth-order valence-corrected chi connectivity index (χ4v) is 1.97. The number of carbonyl (C=O) groups is 1. The molecule has 2 rings (SSSR count). The van der Waals surface area contributed by atoms with Gasteiger partial charge < -0.3 is 20.9 Å². The number of nitrogens with zero attached hydrogens (tertiary/aromatic N) is 1. The first-order chi connectivity index (χ1) is 10.1. The van der Waals surface area contributed by atoms with Crippen LogP contribution in [0.25, 0.3) is 0 Å². The molecular formula is C15H21N5O. The Balaban J connectivity index is 1.90. The first kappa shape index (κ1) is 15.1. The first-order valence-corrected chi connectivity index (χ1v) is 6.94. The summed E-state index contributed by atoms with van der Waals surface area (Å²) in [6, 6.07) is 7.61. The molecule has 0 fully saturated rings. The molecule has 2 unspecified atom stereocenters. The molecule has 6 heteroatoms. The minimum absolute atomic E-state index is 0.177. The fraction of sp³-hybridized carbons (Fsp3) is 0.333. The lowest BCUT2D eigenvalue weighted by atomic mass is 10.1. The molecule has 0 radical (unpaired) electrons. The normalized spacial score (nSPS) is 13.5. The van der Waals surface area contributed by atoms with Crippen molar-refractivity contribution in [1.29, 1.82) is 0 Å². The van der Waals surface area contributed by atoms with Gasteiger partial charge in [0, 0.05) is 24.1 Å². The topological polar surface area (TPSA) is 81.8 Å². The molecule has 2 atom stereocenters. The monoisotopic (exact) mass is 287 g/mol. The molecule has 0 aliphatic carbocycles. The number of H-pyrrole nitrogens is 1. The van der Waals surface area contributed by atoms with Crippen LogP contribution in [0.15, 0.2) is 36.7 Å². The van der Waals surface area contributed by atoms with Crippen LogP contribution < -0.4 is 16.0 Å². The second-order valence-electron chi connectivity index (χ2n) is 4.93. The highest BCUT2D eigenvalue weighted by atomic mass is 16.2. The zero-order valence-electron chi connectivity index (χ0n) is 12.5. The number of aromatic amines is 1. The van der Waals surface area contributed by atoms with Crippen LogP contribution in [0.5, 0.6) is 0 Å². The van der Waals surface area contributed by atoms with E-state index in [0.29, 0.717) is 0 Å². The van der Waals surface area contributed by atoms with Gasteiger partial charge in [-0.15, -0.1) is 0 Å². The van der Waals surface area contributed by atoms with Gasteiger partial charge in [0.05, 0.1) is 6.04 Å². The summed E-state index contributed by atoms with van der Waals surface area (Å²) in [6.07, 6.45) is 3.39. The van der Waals surface area contributed by atoms with Gasteiger partial charge in [-0.1, -0.05) is 12.1 Å². The lowest BCUT2D eigenvalue weighted by Crippen LogP contribution is -2.31. The summed E-state index contributed by atoms with van der Waals surface area (Å²) in [7, 11) is 1.92. The number of rotatable bonds is 5. The smallest absolute Gasteiger partial charge is 0.319 e. The Bertz CT molecular complexity index is 564. The van der Waals surface area contributed by atoms with Crippen LogP contribution in [0.1, 0.15) is 37.3 Å². The van der Waals surface area contributed by atoms with E-state index in [9.17, 15) is 4.79 Å². The summed E-state index contributed by atoms with van der Waals surface area (Å²) in [5, 5.41) is 8.80. The second kappa shape index (κ2) is 6.90. The molecule has 1 heterocycles. The third-order valence-corrected chi connectivity index (χ3v) is 3.38. The summed E-state index contributed by atoms with van der Waals surface area (Å²) in [5.41, 5.74) is 1.93. The van der Waals surface area contributed by atoms with E-state index in [1.54, 1.807) is 12.4 Å². The summed E-state index contributed by atoms with van der Waals surface area (Å²) < 4.78 is 0. The molecule has 1 aromatic carbocycles. The third-order valence-electron chi connectivity index (χ3n) is 3.38. The Morgan fingerprint density at radius 1 is 1.19 bits per heavy atom. The number of amides is 2. The number of anilines is 1.